The van der Waals surface area contributed by atoms with Gasteiger partial charge in [0.15, 0.2) is 0 Å². The number of rotatable bonds is 4. The number of carbonyl (C=O) groups excluding carboxylic acids is 1. The van der Waals surface area contributed by atoms with E-state index in [0.29, 0.717) is 18.8 Å². The Morgan fingerprint density at radius 1 is 1.08 bits per heavy atom. The maximum absolute atomic E-state index is 14.2. The van der Waals surface area contributed by atoms with E-state index < -0.39 is 26.6 Å². The van der Waals surface area contributed by atoms with Crippen LogP contribution in [-0.2, 0) is 10.0 Å². The standard InChI is InChI=1S/C18H18FIN2O3S/c19-14-9-8-13(18(23)21-16-7-3-2-6-15(16)20)12-17(14)26(24,25)22-10-4-1-5-11-22/h2-3,6-9,12H,1,4-5,10-11H2,(H,21,23). The predicted octanol–water partition coefficient (Wildman–Crippen LogP) is 3.86. The summed E-state index contributed by atoms with van der Waals surface area (Å²) in [5, 5.41) is 2.73. The van der Waals surface area contributed by atoms with Crippen LogP contribution in [0.2, 0.25) is 0 Å². The number of para-hydroxylation sites is 1. The van der Waals surface area contributed by atoms with Gasteiger partial charge < -0.3 is 5.32 Å². The molecule has 1 saturated heterocycles. The lowest BCUT2D eigenvalue weighted by Gasteiger charge is -2.26. The van der Waals surface area contributed by atoms with Crippen molar-refractivity contribution in [1.82, 2.24) is 4.31 Å². The van der Waals surface area contributed by atoms with Crippen molar-refractivity contribution in [3.8, 4) is 0 Å². The van der Waals surface area contributed by atoms with Gasteiger partial charge in [-0.1, -0.05) is 18.6 Å². The fourth-order valence-corrected chi connectivity index (χ4v) is 4.97. The monoisotopic (exact) mass is 488 g/mol. The molecule has 2 aromatic rings. The smallest absolute Gasteiger partial charge is 0.255 e. The van der Waals surface area contributed by atoms with E-state index in [0.717, 1.165) is 35.0 Å². The average molecular weight is 488 g/mol. The Morgan fingerprint density at radius 2 is 1.77 bits per heavy atom. The Hall–Kier alpha value is -1.52. The van der Waals surface area contributed by atoms with Gasteiger partial charge in [-0.25, -0.2) is 12.8 Å². The molecule has 0 aromatic heterocycles. The summed E-state index contributed by atoms with van der Waals surface area (Å²) in [4.78, 5) is 12.0. The molecule has 2 aromatic carbocycles. The van der Waals surface area contributed by atoms with Crippen molar-refractivity contribution >= 4 is 44.2 Å². The molecule has 1 heterocycles. The molecule has 0 spiro atoms. The molecule has 3 rings (SSSR count). The van der Waals surface area contributed by atoms with Gasteiger partial charge in [0.2, 0.25) is 10.0 Å². The van der Waals surface area contributed by atoms with E-state index in [-0.39, 0.29) is 5.56 Å². The van der Waals surface area contributed by atoms with Crippen LogP contribution in [0.25, 0.3) is 0 Å². The van der Waals surface area contributed by atoms with Crippen LogP contribution < -0.4 is 5.32 Å². The molecular formula is C18H18FIN2O3S. The molecule has 1 fully saturated rings. The zero-order valence-corrected chi connectivity index (χ0v) is 16.9. The number of anilines is 1. The van der Waals surface area contributed by atoms with Crippen LogP contribution in [0.15, 0.2) is 47.4 Å². The van der Waals surface area contributed by atoms with Crippen LogP contribution >= 0.6 is 22.6 Å². The van der Waals surface area contributed by atoms with E-state index in [1.165, 1.54) is 10.4 Å². The highest BCUT2D eigenvalue weighted by Crippen LogP contribution is 2.25. The normalized spacial score (nSPS) is 15.6. The number of carbonyl (C=O) groups is 1. The number of amides is 1. The summed E-state index contributed by atoms with van der Waals surface area (Å²) in [6, 6.07) is 10.6. The lowest BCUT2D eigenvalue weighted by atomic mass is 10.2. The molecule has 5 nitrogen and oxygen atoms in total. The van der Waals surface area contributed by atoms with E-state index in [2.05, 4.69) is 27.9 Å². The zero-order valence-electron chi connectivity index (χ0n) is 13.9. The molecule has 26 heavy (non-hydrogen) atoms. The average Bonchev–Trinajstić information content (AvgIpc) is 2.64. The van der Waals surface area contributed by atoms with Crippen molar-refractivity contribution in [2.45, 2.75) is 24.2 Å². The minimum absolute atomic E-state index is 0.0987. The van der Waals surface area contributed by atoms with Crippen LogP contribution in [0, 0.1) is 9.39 Å². The summed E-state index contributed by atoms with van der Waals surface area (Å²) in [7, 11) is -3.95. The molecule has 0 bridgehead atoms. The van der Waals surface area contributed by atoms with Crippen LogP contribution in [0.3, 0.4) is 0 Å². The highest BCUT2D eigenvalue weighted by atomic mass is 127. The Bertz CT molecular complexity index is 928. The zero-order chi connectivity index (χ0) is 18.7. The summed E-state index contributed by atoms with van der Waals surface area (Å²) in [5.74, 6) is -1.33. The van der Waals surface area contributed by atoms with Crippen molar-refractivity contribution in [1.29, 1.82) is 0 Å². The van der Waals surface area contributed by atoms with Gasteiger partial charge in [-0.05, 0) is 65.8 Å². The second-order valence-corrected chi connectivity index (χ2v) is 9.11. The Balaban J connectivity index is 1.90. The molecule has 1 N–H and O–H groups in total. The van der Waals surface area contributed by atoms with E-state index in [1.54, 1.807) is 12.1 Å². The van der Waals surface area contributed by atoms with Crippen molar-refractivity contribution in [3.05, 3.63) is 57.4 Å². The van der Waals surface area contributed by atoms with E-state index in [4.69, 9.17) is 0 Å². The molecule has 0 atom stereocenters. The maximum atomic E-state index is 14.2. The highest BCUT2D eigenvalue weighted by Gasteiger charge is 2.29. The fraction of sp³-hybridized carbons (Fsp3) is 0.278. The van der Waals surface area contributed by atoms with Crippen molar-refractivity contribution < 1.29 is 17.6 Å². The topological polar surface area (TPSA) is 66.5 Å². The van der Waals surface area contributed by atoms with E-state index in [1.807, 2.05) is 12.1 Å². The number of sulfonamides is 1. The lowest BCUT2D eigenvalue weighted by Crippen LogP contribution is -2.36. The van der Waals surface area contributed by atoms with Crippen molar-refractivity contribution in [3.63, 3.8) is 0 Å². The van der Waals surface area contributed by atoms with Gasteiger partial charge in [0.25, 0.3) is 5.91 Å². The minimum atomic E-state index is -3.95. The summed E-state index contributed by atoms with van der Waals surface area (Å²) in [6.45, 7) is 0.751. The largest absolute Gasteiger partial charge is 0.321 e. The third kappa shape index (κ3) is 4.07. The first-order valence-corrected chi connectivity index (χ1v) is 10.8. The number of hydrogen-bond donors (Lipinski definition) is 1. The molecule has 8 heteroatoms. The Kier molecular flexibility index (Phi) is 5.93. The van der Waals surface area contributed by atoms with Gasteiger partial charge >= 0.3 is 0 Å². The van der Waals surface area contributed by atoms with Crippen molar-refractivity contribution in [2.24, 2.45) is 0 Å². The van der Waals surface area contributed by atoms with Crippen LogP contribution in [0.4, 0.5) is 10.1 Å². The van der Waals surface area contributed by atoms with E-state index in [9.17, 15) is 17.6 Å². The number of nitrogens with zero attached hydrogens (tertiary/aromatic N) is 1. The number of piperidine rings is 1. The molecule has 0 aliphatic carbocycles. The van der Waals surface area contributed by atoms with Gasteiger partial charge in [0, 0.05) is 22.2 Å². The molecule has 1 aliphatic heterocycles. The van der Waals surface area contributed by atoms with Crippen LogP contribution in [-0.4, -0.2) is 31.7 Å². The molecule has 1 amide bonds. The van der Waals surface area contributed by atoms with Crippen molar-refractivity contribution in [2.75, 3.05) is 18.4 Å². The SMILES string of the molecule is O=C(Nc1ccccc1I)c1ccc(F)c(S(=O)(=O)N2CCCCC2)c1. The first-order chi connectivity index (χ1) is 12.4. The molecule has 0 unspecified atom stereocenters. The second-order valence-electron chi connectivity index (χ2n) is 6.04. The third-order valence-corrected chi connectivity index (χ3v) is 7.10. The third-order valence-electron chi connectivity index (χ3n) is 4.25. The minimum Gasteiger partial charge on any atom is -0.321 e. The summed E-state index contributed by atoms with van der Waals surface area (Å²) in [5.41, 5.74) is 0.713. The summed E-state index contributed by atoms with van der Waals surface area (Å²) in [6.07, 6.45) is 2.48. The molecule has 138 valence electrons. The summed E-state index contributed by atoms with van der Waals surface area (Å²) >= 11 is 2.09. The number of benzene rings is 2. The quantitative estimate of drug-likeness (QED) is 0.665. The van der Waals surface area contributed by atoms with Crippen LogP contribution in [0.1, 0.15) is 29.6 Å². The molecule has 0 radical (unpaired) electrons. The van der Waals surface area contributed by atoms with Gasteiger partial charge in [-0.3, -0.25) is 4.79 Å². The first kappa shape index (κ1) is 19.2. The van der Waals surface area contributed by atoms with Gasteiger partial charge in [-0.2, -0.15) is 4.31 Å². The number of nitrogens with one attached hydrogen (secondary N) is 1. The lowest BCUT2D eigenvalue weighted by molar-refractivity contribution is 0.102. The second kappa shape index (κ2) is 8.01. The van der Waals surface area contributed by atoms with Gasteiger partial charge in [0.05, 0.1) is 5.69 Å². The number of hydrogen-bond acceptors (Lipinski definition) is 3. The molecule has 1 aliphatic rings. The van der Waals surface area contributed by atoms with Gasteiger partial charge in [-0.15, -0.1) is 0 Å². The Morgan fingerprint density at radius 3 is 2.46 bits per heavy atom. The summed E-state index contributed by atoms with van der Waals surface area (Å²) < 4.78 is 41.9. The van der Waals surface area contributed by atoms with Crippen LogP contribution in [0.5, 0.6) is 0 Å². The Labute approximate surface area is 165 Å². The van der Waals surface area contributed by atoms with Gasteiger partial charge in [0.1, 0.15) is 10.7 Å². The highest BCUT2D eigenvalue weighted by molar-refractivity contribution is 14.1. The number of halogens is 2. The maximum Gasteiger partial charge on any atom is 0.255 e. The predicted molar refractivity (Wildman–Crippen MR) is 106 cm³/mol. The molecular weight excluding hydrogens is 470 g/mol. The van der Waals surface area contributed by atoms with E-state index >= 15 is 0 Å². The molecule has 0 saturated carbocycles. The fourth-order valence-electron chi connectivity index (χ4n) is 2.84. The first-order valence-electron chi connectivity index (χ1n) is 8.25.